The Morgan fingerprint density at radius 2 is 1.43 bits per heavy atom. The summed E-state index contributed by atoms with van der Waals surface area (Å²) in [5, 5.41) is 21.6. The first kappa shape index (κ1) is 18.1. The third kappa shape index (κ3) is 3.67. The molecule has 0 amide bonds. The summed E-state index contributed by atoms with van der Waals surface area (Å²) < 4.78 is 0. The number of fused-ring (bicyclic) bond motifs is 1. The minimum Gasteiger partial charge on any atom is -0.508 e. The fraction of sp³-hybridized carbons (Fsp3) is 0.0769. The number of phenols is 1. The monoisotopic (exact) mass is 391 g/mol. The van der Waals surface area contributed by atoms with Crippen LogP contribution < -0.4 is 0 Å². The van der Waals surface area contributed by atoms with Gasteiger partial charge in [0.15, 0.2) is 0 Å². The maximum absolute atomic E-state index is 10.3. The third-order valence-corrected chi connectivity index (χ3v) is 5.35. The molecule has 0 saturated heterocycles. The van der Waals surface area contributed by atoms with Crippen molar-refractivity contribution in [1.82, 2.24) is 15.4 Å². The zero-order valence-corrected chi connectivity index (χ0v) is 16.4. The highest BCUT2D eigenvalue weighted by Gasteiger charge is 2.11. The van der Waals surface area contributed by atoms with Crippen molar-refractivity contribution in [1.29, 1.82) is 0 Å². The van der Waals surface area contributed by atoms with E-state index in [1.807, 2.05) is 36.4 Å². The van der Waals surface area contributed by atoms with Crippen molar-refractivity contribution in [2.45, 2.75) is 12.8 Å². The van der Waals surface area contributed by atoms with Crippen molar-refractivity contribution in [3.8, 4) is 16.9 Å². The quantitative estimate of drug-likeness (QED) is 0.415. The van der Waals surface area contributed by atoms with E-state index in [2.05, 4.69) is 63.9 Å². The number of hydrogen-bond acceptors (Lipinski definition) is 3. The average molecular weight is 391 g/mol. The third-order valence-electron chi connectivity index (χ3n) is 5.35. The summed E-state index contributed by atoms with van der Waals surface area (Å²) in [6, 6.07) is 30.7. The van der Waals surface area contributed by atoms with Gasteiger partial charge in [-0.1, -0.05) is 78.9 Å². The molecule has 30 heavy (non-hydrogen) atoms. The molecule has 0 spiro atoms. The Kier molecular flexibility index (Phi) is 4.74. The fourth-order valence-electron chi connectivity index (χ4n) is 3.93. The Bertz CT molecular complexity index is 1310. The number of hydrogen-bond donors (Lipinski definition) is 2. The van der Waals surface area contributed by atoms with Crippen molar-refractivity contribution in [2.75, 3.05) is 0 Å². The molecular weight excluding hydrogens is 370 g/mol. The molecule has 4 nitrogen and oxygen atoms in total. The molecule has 0 bridgehead atoms. The second kappa shape index (κ2) is 7.84. The molecule has 5 aromatic rings. The zero-order valence-electron chi connectivity index (χ0n) is 16.4. The molecule has 0 atom stereocenters. The lowest BCUT2D eigenvalue weighted by molar-refractivity contribution is 0.469. The van der Waals surface area contributed by atoms with Gasteiger partial charge < -0.3 is 5.11 Å². The number of nitrogens with one attached hydrogen (secondary N) is 1. The van der Waals surface area contributed by atoms with Crippen molar-refractivity contribution in [3.05, 3.63) is 113 Å². The maximum atomic E-state index is 10.3. The first-order valence-electron chi connectivity index (χ1n) is 10.00. The lowest BCUT2D eigenvalue weighted by Crippen LogP contribution is -1.95. The van der Waals surface area contributed by atoms with Crippen LogP contribution in [0.25, 0.3) is 22.2 Å². The normalized spacial score (nSPS) is 11.1. The number of benzene rings is 4. The Hall–Kier alpha value is -3.92. The van der Waals surface area contributed by atoms with Gasteiger partial charge in [0.05, 0.1) is 0 Å². The van der Waals surface area contributed by atoms with E-state index in [1.165, 1.54) is 11.1 Å². The molecule has 5 rings (SSSR count). The number of H-pyrrole nitrogens is 1. The predicted molar refractivity (Wildman–Crippen MR) is 119 cm³/mol. The molecule has 0 fully saturated rings. The number of aromatic amines is 1. The molecular formula is C26H21N3O. The van der Waals surface area contributed by atoms with E-state index in [1.54, 1.807) is 6.07 Å². The molecule has 4 heteroatoms. The largest absolute Gasteiger partial charge is 0.508 e. The summed E-state index contributed by atoms with van der Waals surface area (Å²) in [4.78, 5) is 0. The molecule has 0 radical (unpaired) electrons. The van der Waals surface area contributed by atoms with Crippen LogP contribution in [-0.4, -0.2) is 20.5 Å². The fourth-order valence-corrected chi connectivity index (χ4v) is 3.93. The number of phenolic OH excluding ortho intramolecular Hbond substituents is 1. The topological polar surface area (TPSA) is 61.8 Å². The van der Waals surface area contributed by atoms with E-state index in [4.69, 9.17) is 0 Å². The van der Waals surface area contributed by atoms with Crippen LogP contribution in [0.4, 0.5) is 0 Å². The number of aromatic hydroxyl groups is 1. The highest BCUT2D eigenvalue weighted by Crippen LogP contribution is 2.30. The van der Waals surface area contributed by atoms with Crippen molar-refractivity contribution < 1.29 is 5.11 Å². The molecule has 1 aromatic heterocycles. The van der Waals surface area contributed by atoms with E-state index in [9.17, 15) is 5.11 Å². The maximum Gasteiger partial charge on any atom is 0.120 e. The molecule has 0 unspecified atom stereocenters. The summed E-state index contributed by atoms with van der Waals surface area (Å²) in [6.45, 7) is 0. The summed E-state index contributed by atoms with van der Waals surface area (Å²) in [5.41, 5.74) is 8.43. The van der Waals surface area contributed by atoms with Gasteiger partial charge in [0.1, 0.15) is 16.8 Å². The van der Waals surface area contributed by atoms with Gasteiger partial charge in [0, 0.05) is 12.0 Å². The molecule has 2 N–H and O–H groups in total. The van der Waals surface area contributed by atoms with Crippen LogP contribution in [0.3, 0.4) is 0 Å². The second-order valence-electron chi connectivity index (χ2n) is 7.50. The highest BCUT2D eigenvalue weighted by molar-refractivity contribution is 5.91. The number of rotatable bonds is 5. The van der Waals surface area contributed by atoms with Gasteiger partial charge in [-0.05, 0) is 46.4 Å². The van der Waals surface area contributed by atoms with E-state index < -0.39 is 0 Å². The number of aromatic nitrogens is 3. The number of para-hydroxylation sites is 2. The van der Waals surface area contributed by atoms with Gasteiger partial charge in [-0.2, -0.15) is 15.4 Å². The van der Waals surface area contributed by atoms with Crippen molar-refractivity contribution in [2.24, 2.45) is 0 Å². The SMILES string of the molecule is Oc1ccccc1Cc1cc(Cc2ccccc2)cc(-c2cccc3n[nH]nc23)c1. The van der Waals surface area contributed by atoms with Crippen LogP contribution in [0.2, 0.25) is 0 Å². The molecule has 1 heterocycles. The second-order valence-corrected chi connectivity index (χ2v) is 7.50. The standard InChI is InChI=1S/C26H21N3O/c30-25-12-5-4-9-21(25)15-20-14-19(13-18-7-2-1-3-8-18)16-22(17-20)23-10-6-11-24-26(23)28-29-27-24/h1-12,14,16-17,30H,13,15H2,(H,27,28,29). The minimum atomic E-state index is 0.325. The first-order valence-corrected chi connectivity index (χ1v) is 10.00. The molecule has 0 aliphatic heterocycles. The first-order chi connectivity index (χ1) is 14.8. The van der Waals surface area contributed by atoms with Crippen LogP contribution in [0.1, 0.15) is 22.3 Å². The smallest absolute Gasteiger partial charge is 0.120 e. The summed E-state index contributed by atoms with van der Waals surface area (Å²) >= 11 is 0. The van der Waals surface area contributed by atoms with E-state index >= 15 is 0 Å². The minimum absolute atomic E-state index is 0.325. The summed E-state index contributed by atoms with van der Waals surface area (Å²) in [6.07, 6.45) is 1.51. The van der Waals surface area contributed by atoms with Gasteiger partial charge in [-0.3, -0.25) is 0 Å². The Balaban J connectivity index is 1.61. The van der Waals surface area contributed by atoms with E-state index in [0.29, 0.717) is 12.2 Å². The number of nitrogens with zero attached hydrogens (tertiary/aromatic N) is 2. The van der Waals surface area contributed by atoms with Gasteiger partial charge in [0.2, 0.25) is 0 Å². The predicted octanol–water partition coefficient (Wildman–Crippen LogP) is 5.51. The lowest BCUT2D eigenvalue weighted by Gasteiger charge is -2.12. The van der Waals surface area contributed by atoms with E-state index in [0.717, 1.165) is 39.7 Å². The zero-order chi connectivity index (χ0) is 20.3. The van der Waals surface area contributed by atoms with Gasteiger partial charge >= 0.3 is 0 Å². The van der Waals surface area contributed by atoms with Crippen LogP contribution in [0, 0.1) is 0 Å². The Labute approximate surface area is 174 Å². The lowest BCUT2D eigenvalue weighted by atomic mass is 9.93. The molecule has 0 aliphatic rings. The molecule has 4 aromatic carbocycles. The van der Waals surface area contributed by atoms with Gasteiger partial charge in [0.25, 0.3) is 0 Å². The van der Waals surface area contributed by atoms with Crippen LogP contribution in [0.5, 0.6) is 5.75 Å². The summed E-state index contributed by atoms with van der Waals surface area (Å²) in [5.74, 6) is 0.325. The van der Waals surface area contributed by atoms with Crippen molar-refractivity contribution >= 4 is 11.0 Å². The van der Waals surface area contributed by atoms with Crippen molar-refractivity contribution in [3.63, 3.8) is 0 Å². The highest BCUT2D eigenvalue weighted by atomic mass is 16.3. The molecule has 146 valence electrons. The van der Waals surface area contributed by atoms with Gasteiger partial charge in [-0.15, -0.1) is 0 Å². The van der Waals surface area contributed by atoms with E-state index in [-0.39, 0.29) is 0 Å². The molecule has 0 saturated carbocycles. The molecule has 0 aliphatic carbocycles. The average Bonchev–Trinajstić information content (AvgIpc) is 3.25. The van der Waals surface area contributed by atoms with Crippen LogP contribution in [-0.2, 0) is 12.8 Å². The van der Waals surface area contributed by atoms with Gasteiger partial charge in [-0.25, -0.2) is 0 Å². The van der Waals surface area contributed by atoms with Crippen LogP contribution >= 0.6 is 0 Å². The summed E-state index contributed by atoms with van der Waals surface area (Å²) in [7, 11) is 0. The Morgan fingerprint density at radius 3 is 2.27 bits per heavy atom. The Morgan fingerprint density at radius 1 is 0.667 bits per heavy atom. The van der Waals surface area contributed by atoms with Crippen LogP contribution in [0.15, 0.2) is 91.0 Å².